The number of ether oxygens (including phenoxy) is 1. The molecule has 0 heterocycles. The average molecular weight is 273 g/mol. The Morgan fingerprint density at radius 3 is 2.73 bits per heavy atom. The molecule has 0 amide bonds. The van der Waals surface area contributed by atoms with Crippen molar-refractivity contribution in [1.29, 1.82) is 0 Å². The van der Waals surface area contributed by atoms with Crippen LogP contribution in [0.1, 0.15) is 5.56 Å². The molecular formula is C11H14O3Se. The summed E-state index contributed by atoms with van der Waals surface area (Å²) < 4.78 is 4.96. The molecule has 1 unspecified atom stereocenters. The summed E-state index contributed by atoms with van der Waals surface area (Å²) >= 11 is 0.283. The summed E-state index contributed by atoms with van der Waals surface area (Å²) in [6.45, 7) is 0.230. The standard InChI is InChI=1S/C11H14O3Se/c1-15-8-10(12)11(13)14-7-9-5-3-2-4-6-9/h2-6,10,12H,7-8H2,1H3. The molecule has 0 spiro atoms. The Kier molecular flexibility index (Phi) is 5.40. The fraction of sp³-hybridized carbons (Fsp3) is 0.364. The van der Waals surface area contributed by atoms with Gasteiger partial charge in [-0.05, 0) is 0 Å². The second-order valence-electron chi connectivity index (χ2n) is 3.06. The number of aliphatic hydroxyl groups is 1. The van der Waals surface area contributed by atoms with Crippen molar-refractivity contribution in [1.82, 2.24) is 0 Å². The Labute approximate surface area is 95.6 Å². The normalized spacial score (nSPS) is 12.1. The second-order valence-corrected chi connectivity index (χ2v) is 4.98. The van der Waals surface area contributed by atoms with Crippen molar-refractivity contribution >= 4 is 20.9 Å². The molecule has 0 saturated carbocycles. The third-order valence-corrected chi connectivity index (χ3v) is 3.18. The van der Waals surface area contributed by atoms with E-state index >= 15 is 0 Å². The van der Waals surface area contributed by atoms with Crippen molar-refractivity contribution in [2.45, 2.75) is 23.9 Å². The summed E-state index contributed by atoms with van der Waals surface area (Å²) in [6, 6.07) is 9.43. The van der Waals surface area contributed by atoms with Crippen molar-refractivity contribution in [3.8, 4) is 0 Å². The number of hydrogen-bond donors (Lipinski definition) is 1. The van der Waals surface area contributed by atoms with Crippen LogP contribution in [0.3, 0.4) is 0 Å². The number of benzene rings is 1. The number of carbonyl (C=O) groups excluding carboxylic acids is 1. The molecule has 0 saturated heterocycles. The van der Waals surface area contributed by atoms with Crippen LogP contribution < -0.4 is 0 Å². The Bertz CT molecular complexity index is 300. The maximum atomic E-state index is 11.2. The van der Waals surface area contributed by atoms with Gasteiger partial charge in [-0.1, -0.05) is 0 Å². The first-order chi connectivity index (χ1) is 7.24. The zero-order valence-corrected chi connectivity index (χ0v) is 10.3. The molecule has 1 rings (SSSR count). The van der Waals surface area contributed by atoms with Crippen LogP contribution in [-0.4, -0.2) is 32.1 Å². The Balaban J connectivity index is 2.34. The van der Waals surface area contributed by atoms with Crippen molar-refractivity contribution < 1.29 is 14.6 Å². The van der Waals surface area contributed by atoms with E-state index in [4.69, 9.17) is 4.74 Å². The third-order valence-electron chi connectivity index (χ3n) is 1.82. The van der Waals surface area contributed by atoms with Crippen LogP contribution >= 0.6 is 0 Å². The van der Waals surface area contributed by atoms with Crippen molar-refractivity contribution in [3.05, 3.63) is 35.9 Å². The molecule has 0 aliphatic heterocycles. The summed E-state index contributed by atoms with van der Waals surface area (Å²) in [4.78, 5) is 11.2. The van der Waals surface area contributed by atoms with Gasteiger partial charge in [-0.3, -0.25) is 0 Å². The van der Waals surface area contributed by atoms with E-state index in [1.165, 1.54) is 0 Å². The van der Waals surface area contributed by atoms with Crippen molar-refractivity contribution in [2.75, 3.05) is 0 Å². The van der Waals surface area contributed by atoms with Crippen LogP contribution in [0.5, 0.6) is 0 Å². The molecular weight excluding hydrogens is 259 g/mol. The Morgan fingerprint density at radius 1 is 1.47 bits per heavy atom. The topological polar surface area (TPSA) is 46.5 Å². The van der Waals surface area contributed by atoms with Crippen molar-refractivity contribution in [3.63, 3.8) is 0 Å². The van der Waals surface area contributed by atoms with E-state index in [1.54, 1.807) is 0 Å². The predicted octanol–water partition coefficient (Wildman–Crippen LogP) is 1.26. The van der Waals surface area contributed by atoms with Gasteiger partial charge in [-0.15, -0.1) is 0 Å². The van der Waals surface area contributed by atoms with Gasteiger partial charge in [-0.25, -0.2) is 0 Å². The van der Waals surface area contributed by atoms with E-state index in [2.05, 4.69) is 0 Å². The van der Waals surface area contributed by atoms with Gasteiger partial charge in [0.2, 0.25) is 0 Å². The van der Waals surface area contributed by atoms with Crippen LogP contribution in [0.15, 0.2) is 30.3 Å². The number of carbonyl (C=O) groups is 1. The van der Waals surface area contributed by atoms with E-state index in [1.807, 2.05) is 36.2 Å². The van der Waals surface area contributed by atoms with Crippen LogP contribution in [0.4, 0.5) is 0 Å². The molecule has 0 radical (unpaired) electrons. The second kappa shape index (κ2) is 6.62. The zero-order chi connectivity index (χ0) is 11.1. The molecule has 1 aromatic carbocycles. The van der Waals surface area contributed by atoms with E-state index in [0.29, 0.717) is 5.32 Å². The zero-order valence-electron chi connectivity index (χ0n) is 8.55. The summed E-state index contributed by atoms with van der Waals surface area (Å²) in [5.41, 5.74) is 0.931. The van der Waals surface area contributed by atoms with Crippen LogP contribution in [0.25, 0.3) is 0 Å². The van der Waals surface area contributed by atoms with Gasteiger partial charge in [0.1, 0.15) is 0 Å². The summed E-state index contributed by atoms with van der Waals surface area (Å²) in [7, 11) is 0. The molecule has 0 fully saturated rings. The third kappa shape index (κ3) is 4.47. The minimum atomic E-state index is -0.960. The first-order valence-corrected chi connectivity index (χ1v) is 7.54. The molecule has 1 aromatic rings. The average Bonchev–Trinajstić information content (AvgIpc) is 2.27. The molecule has 0 aliphatic carbocycles. The fourth-order valence-electron chi connectivity index (χ4n) is 1.05. The number of hydrogen-bond acceptors (Lipinski definition) is 3. The summed E-state index contributed by atoms with van der Waals surface area (Å²) in [6.07, 6.45) is -0.960. The van der Waals surface area contributed by atoms with E-state index in [9.17, 15) is 9.90 Å². The van der Waals surface area contributed by atoms with Gasteiger partial charge in [0.05, 0.1) is 0 Å². The molecule has 4 heteroatoms. The summed E-state index contributed by atoms with van der Waals surface area (Å²) in [5.74, 6) is 1.45. The monoisotopic (exact) mass is 274 g/mol. The minimum absolute atomic E-state index is 0.230. The van der Waals surface area contributed by atoms with Gasteiger partial charge < -0.3 is 0 Å². The van der Waals surface area contributed by atoms with Gasteiger partial charge >= 0.3 is 95.3 Å². The van der Waals surface area contributed by atoms with E-state index < -0.39 is 12.1 Å². The van der Waals surface area contributed by atoms with Gasteiger partial charge in [0.25, 0.3) is 0 Å². The van der Waals surface area contributed by atoms with Crippen LogP contribution in [0.2, 0.25) is 11.1 Å². The number of esters is 1. The number of aliphatic hydroxyl groups excluding tert-OH is 1. The van der Waals surface area contributed by atoms with Crippen molar-refractivity contribution in [2.24, 2.45) is 0 Å². The molecule has 0 bridgehead atoms. The van der Waals surface area contributed by atoms with Crippen LogP contribution in [-0.2, 0) is 16.1 Å². The first-order valence-electron chi connectivity index (χ1n) is 4.61. The molecule has 1 atom stereocenters. The molecule has 0 aliphatic rings. The maximum absolute atomic E-state index is 11.2. The molecule has 82 valence electrons. The first kappa shape index (κ1) is 12.2. The quantitative estimate of drug-likeness (QED) is 0.649. The predicted molar refractivity (Wildman–Crippen MR) is 58.7 cm³/mol. The van der Waals surface area contributed by atoms with Gasteiger partial charge in [-0.2, -0.15) is 0 Å². The Hall–Kier alpha value is -0.831. The molecule has 15 heavy (non-hydrogen) atoms. The van der Waals surface area contributed by atoms with Gasteiger partial charge in [0.15, 0.2) is 0 Å². The van der Waals surface area contributed by atoms with Gasteiger partial charge in [0, 0.05) is 0 Å². The molecule has 1 N–H and O–H groups in total. The molecule has 3 nitrogen and oxygen atoms in total. The molecule has 0 aromatic heterocycles. The fourth-order valence-corrected chi connectivity index (χ4v) is 2.00. The SMILES string of the molecule is C[Se]CC(O)C(=O)OCc1ccccc1. The van der Waals surface area contributed by atoms with E-state index in [0.717, 1.165) is 5.56 Å². The van der Waals surface area contributed by atoms with Crippen LogP contribution in [0, 0.1) is 0 Å². The number of rotatable bonds is 5. The summed E-state index contributed by atoms with van der Waals surface area (Å²) in [5, 5.41) is 9.85. The Morgan fingerprint density at radius 2 is 2.13 bits per heavy atom. The van der Waals surface area contributed by atoms with E-state index in [-0.39, 0.29) is 21.6 Å².